The topological polar surface area (TPSA) is 40.5 Å². The molecule has 21 heavy (non-hydrogen) atoms. The van der Waals surface area contributed by atoms with E-state index < -0.39 is 6.10 Å². The fraction of sp³-hybridized carbons (Fsp3) is 0.188. The Bertz CT molecular complexity index is 730. The van der Waals surface area contributed by atoms with E-state index in [0.717, 1.165) is 31.3 Å². The van der Waals surface area contributed by atoms with E-state index in [1.807, 2.05) is 36.4 Å². The van der Waals surface area contributed by atoms with Gasteiger partial charge in [-0.05, 0) is 34.9 Å². The van der Waals surface area contributed by atoms with Gasteiger partial charge in [0, 0.05) is 21.7 Å². The van der Waals surface area contributed by atoms with Crippen LogP contribution in [0, 0.1) is 0 Å². The first kappa shape index (κ1) is 14.8. The Hall–Kier alpha value is -1.17. The number of carbonyl (C=O) groups excluding carboxylic acids is 1. The summed E-state index contributed by atoms with van der Waals surface area (Å²) < 4.78 is 1.80. The minimum Gasteiger partial charge on any atom is -0.384 e. The zero-order valence-corrected chi connectivity index (χ0v) is 14.5. The highest BCUT2D eigenvalue weighted by Gasteiger charge is 2.25. The molecule has 1 atom stereocenters. The fourth-order valence-electron chi connectivity index (χ4n) is 2.56. The van der Waals surface area contributed by atoms with Crippen molar-refractivity contribution in [2.75, 3.05) is 11.9 Å². The molecule has 3 rings (SSSR count). The second kappa shape index (κ2) is 5.55. The van der Waals surface area contributed by atoms with Gasteiger partial charge in [0.05, 0.1) is 6.42 Å². The quantitative estimate of drug-likeness (QED) is 0.817. The summed E-state index contributed by atoms with van der Waals surface area (Å²) in [5.41, 5.74) is 3.48. The van der Waals surface area contributed by atoms with Crippen LogP contribution in [0.1, 0.15) is 22.8 Å². The van der Waals surface area contributed by atoms with Crippen molar-refractivity contribution in [2.45, 2.75) is 12.5 Å². The smallest absolute Gasteiger partial charge is 0.231 e. The lowest BCUT2D eigenvalue weighted by molar-refractivity contribution is -0.117. The maximum Gasteiger partial charge on any atom is 0.231 e. The van der Waals surface area contributed by atoms with Crippen LogP contribution in [-0.4, -0.2) is 18.1 Å². The second-order valence-corrected chi connectivity index (χ2v) is 6.86. The van der Waals surface area contributed by atoms with Crippen molar-refractivity contribution in [3.63, 3.8) is 0 Å². The van der Waals surface area contributed by atoms with Crippen molar-refractivity contribution in [1.82, 2.24) is 0 Å². The van der Waals surface area contributed by atoms with Gasteiger partial charge in [-0.2, -0.15) is 0 Å². The Labute approximate surface area is 139 Å². The average Bonchev–Trinajstić information content (AvgIpc) is 2.73. The zero-order chi connectivity index (χ0) is 15.1. The summed E-state index contributed by atoms with van der Waals surface area (Å²) >= 11 is 6.87. The molecule has 1 amide bonds. The summed E-state index contributed by atoms with van der Waals surface area (Å²) in [5, 5.41) is 10.6. The number of halogens is 2. The molecule has 0 aromatic heterocycles. The van der Waals surface area contributed by atoms with Crippen molar-refractivity contribution in [2.24, 2.45) is 0 Å². The van der Waals surface area contributed by atoms with Gasteiger partial charge >= 0.3 is 0 Å². The number of hydrogen-bond acceptors (Lipinski definition) is 2. The first-order valence-electron chi connectivity index (χ1n) is 6.50. The molecular weight excluding hydrogens is 398 g/mol. The highest BCUT2D eigenvalue weighted by Crippen LogP contribution is 2.34. The van der Waals surface area contributed by atoms with E-state index in [2.05, 4.69) is 31.9 Å². The van der Waals surface area contributed by atoms with Crippen molar-refractivity contribution >= 4 is 43.5 Å². The fourth-order valence-corrected chi connectivity index (χ4v) is 3.83. The molecule has 0 spiro atoms. The van der Waals surface area contributed by atoms with E-state index >= 15 is 0 Å². The van der Waals surface area contributed by atoms with Crippen LogP contribution in [-0.2, 0) is 11.2 Å². The van der Waals surface area contributed by atoms with Gasteiger partial charge in [-0.25, -0.2) is 0 Å². The summed E-state index contributed by atoms with van der Waals surface area (Å²) in [5.74, 6) is 0.0847. The lowest BCUT2D eigenvalue weighted by atomic mass is 9.99. The van der Waals surface area contributed by atoms with E-state index in [0.29, 0.717) is 6.42 Å². The number of fused-ring (bicyclic) bond motifs is 1. The predicted octanol–water partition coefficient (Wildman–Crippen LogP) is 3.81. The van der Waals surface area contributed by atoms with Crippen LogP contribution in [0.5, 0.6) is 0 Å². The molecule has 0 fully saturated rings. The molecule has 1 unspecified atom stereocenters. The third kappa shape index (κ3) is 2.65. The summed E-state index contributed by atoms with van der Waals surface area (Å²) in [4.78, 5) is 13.4. The molecule has 0 radical (unpaired) electrons. The standard InChI is InChI=1S/C16H13Br2NO2/c1-19-14-5-2-9(6-10(14)7-15(19)20)16(21)12-4-3-11(17)8-13(12)18/h2-6,8,16,21H,7H2,1H3. The van der Waals surface area contributed by atoms with E-state index in [4.69, 9.17) is 0 Å². The number of likely N-dealkylation sites (N-methyl/N-ethyl adjacent to an activating group) is 1. The maximum atomic E-state index is 11.7. The van der Waals surface area contributed by atoms with Gasteiger partial charge in [-0.1, -0.05) is 50.1 Å². The third-order valence-electron chi connectivity index (χ3n) is 3.75. The molecule has 1 aliphatic heterocycles. The van der Waals surface area contributed by atoms with Crippen LogP contribution in [0.15, 0.2) is 45.3 Å². The molecular formula is C16H13Br2NO2. The molecule has 0 saturated carbocycles. The second-order valence-electron chi connectivity index (χ2n) is 5.09. The number of anilines is 1. The number of aliphatic hydroxyl groups is 1. The molecule has 2 aromatic rings. The Balaban J connectivity index is 1.98. The molecule has 1 heterocycles. The Morgan fingerprint density at radius 2 is 1.95 bits per heavy atom. The number of nitrogens with zero attached hydrogens (tertiary/aromatic N) is 1. The summed E-state index contributed by atoms with van der Waals surface area (Å²) in [6, 6.07) is 11.4. The van der Waals surface area contributed by atoms with Gasteiger partial charge < -0.3 is 10.0 Å². The van der Waals surface area contributed by atoms with E-state index in [1.165, 1.54) is 0 Å². The Kier molecular flexibility index (Phi) is 3.90. The molecule has 108 valence electrons. The number of aliphatic hydroxyl groups excluding tert-OH is 1. The van der Waals surface area contributed by atoms with Gasteiger partial charge in [0.25, 0.3) is 0 Å². The van der Waals surface area contributed by atoms with Crippen molar-refractivity contribution < 1.29 is 9.90 Å². The molecule has 2 aromatic carbocycles. The van der Waals surface area contributed by atoms with Gasteiger partial charge in [-0.15, -0.1) is 0 Å². The average molecular weight is 411 g/mol. The van der Waals surface area contributed by atoms with Gasteiger partial charge in [0.2, 0.25) is 5.91 Å². The minimum atomic E-state index is -0.723. The van der Waals surface area contributed by atoms with E-state index in [1.54, 1.807) is 11.9 Å². The Morgan fingerprint density at radius 1 is 1.19 bits per heavy atom. The zero-order valence-electron chi connectivity index (χ0n) is 11.3. The van der Waals surface area contributed by atoms with Gasteiger partial charge in [0.1, 0.15) is 6.10 Å². The van der Waals surface area contributed by atoms with Gasteiger partial charge in [-0.3, -0.25) is 4.79 Å². The van der Waals surface area contributed by atoms with Crippen LogP contribution >= 0.6 is 31.9 Å². The van der Waals surface area contributed by atoms with Crippen LogP contribution in [0.25, 0.3) is 0 Å². The summed E-state index contributed by atoms with van der Waals surface area (Å²) in [7, 11) is 1.77. The number of rotatable bonds is 2. The maximum absolute atomic E-state index is 11.7. The largest absolute Gasteiger partial charge is 0.384 e. The van der Waals surface area contributed by atoms with Gasteiger partial charge in [0.15, 0.2) is 0 Å². The van der Waals surface area contributed by atoms with Crippen molar-refractivity contribution in [3.05, 3.63) is 62.0 Å². The number of hydrogen-bond donors (Lipinski definition) is 1. The number of benzene rings is 2. The van der Waals surface area contributed by atoms with Crippen molar-refractivity contribution in [1.29, 1.82) is 0 Å². The molecule has 5 heteroatoms. The Morgan fingerprint density at radius 3 is 2.67 bits per heavy atom. The molecule has 0 saturated heterocycles. The minimum absolute atomic E-state index is 0.0847. The lowest BCUT2D eigenvalue weighted by Gasteiger charge is -2.16. The van der Waals surface area contributed by atoms with Crippen LogP contribution in [0.2, 0.25) is 0 Å². The molecule has 0 bridgehead atoms. The SMILES string of the molecule is CN1C(=O)Cc2cc(C(O)c3ccc(Br)cc3Br)ccc21. The molecule has 3 nitrogen and oxygen atoms in total. The number of carbonyl (C=O) groups is 1. The molecule has 1 N–H and O–H groups in total. The van der Waals surface area contributed by atoms with E-state index in [-0.39, 0.29) is 5.91 Å². The lowest BCUT2D eigenvalue weighted by Crippen LogP contribution is -2.20. The summed E-state index contributed by atoms with van der Waals surface area (Å²) in [6.07, 6.45) is -0.327. The van der Waals surface area contributed by atoms with Crippen molar-refractivity contribution in [3.8, 4) is 0 Å². The molecule has 1 aliphatic rings. The predicted molar refractivity (Wildman–Crippen MR) is 89.5 cm³/mol. The third-order valence-corrected chi connectivity index (χ3v) is 4.93. The first-order valence-corrected chi connectivity index (χ1v) is 8.08. The van der Waals surface area contributed by atoms with Crippen LogP contribution in [0.4, 0.5) is 5.69 Å². The van der Waals surface area contributed by atoms with Crippen LogP contribution in [0.3, 0.4) is 0 Å². The first-order chi connectivity index (χ1) is 9.97. The molecule has 0 aliphatic carbocycles. The summed E-state index contributed by atoms with van der Waals surface area (Å²) in [6.45, 7) is 0. The normalized spacial score (nSPS) is 15.2. The van der Waals surface area contributed by atoms with E-state index in [9.17, 15) is 9.90 Å². The number of amides is 1. The highest BCUT2D eigenvalue weighted by atomic mass is 79.9. The monoisotopic (exact) mass is 409 g/mol. The highest BCUT2D eigenvalue weighted by molar-refractivity contribution is 9.11. The van der Waals surface area contributed by atoms with Crippen LogP contribution < -0.4 is 4.90 Å².